The highest BCUT2D eigenvalue weighted by Gasteiger charge is 2.41. The van der Waals surface area contributed by atoms with Crippen molar-refractivity contribution in [1.82, 2.24) is 0 Å². The van der Waals surface area contributed by atoms with Crippen molar-refractivity contribution in [2.45, 2.75) is 31.7 Å². The SMILES string of the molecule is COc1cc(NC(C2CC2)C2CC2)ccc1Br. The Morgan fingerprint density at radius 3 is 2.41 bits per heavy atom. The van der Waals surface area contributed by atoms with Gasteiger partial charge in [0.05, 0.1) is 11.6 Å². The molecule has 0 saturated heterocycles. The molecule has 2 aliphatic carbocycles. The first-order valence-corrected chi connectivity index (χ1v) is 7.17. The number of halogens is 1. The fourth-order valence-electron chi connectivity index (χ4n) is 2.47. The predicted octanol–water partition coefficient (Wildman–Crippen LogP) is 4.06. The van der Waals surface area contributed by atoms with Crippen molar-refractivity contribution < 1.29 is 4.74 Å². The molecule has 0 aromatic heterocycles. The van der Waals surface area contributed by atoms with Crippen molar-refractivity contribution in [3.63, 3.8) is 0 Å². The molecule has 0 aliphatic heterocycles. The number of hydrogen-bond acceptors (Lipinski definition) is 2. The molecule has 2 nitrogen and oxygen atoms in total. The standard InChI is InChI=1S/C14H18BrNO/c1-17-13-8-11(6-7-12(13)15)16-14(9-2-3-9)10-4-5-10/h6-10,14,16H,2-5H2,1H3. The van der Waals surface area contributed by atoms with Crippen LogP contribution in [0.3, 0.4) is 0 Å². The monoisotopic (exact) mass is 295 g/mol. The lowest BCUT2D eigenvalue weighted by Crippen LogP contribution is -2.24. The van der Waals surface area contributed by atoms with Gasteiger partial charge in [-0.25, -0.2) is 0 Å². The van der Waals surface area contributed by atoms with Crippen LogP contribution in [0.5, 0.6) is 5.75 Å². The summed E-state index contributed by atoms with van der Waals surface area (Å²) in [4.78, 5) is 0. The van der Waals surface area contributed by atoms with Crippen LogP contribution in [0, 0.1) is 11.8 Å². The molecule has 0 bridgehead atoms. The van der Waals surface area contributed by atoms with E-state index in [0.717, 1.165) is 22.1 Å². The maximum Gasteiger partial charge on any atom is 0.135 e. The minimum Gasteiger partial charge on any atom is -0.495 e. The van der Waals surface area contributed by atoms with Gasteiger partial charge in [0.25, 0.3) is 0 Å². The van der Waals surface area contributed by atoms with Gasteiger partial charge in [-0.3, -0.25) is 0 Å². The number of anilines is 1. The van der Waals surface area contributed by atoms with Crippen LogP contribution in [0.25, 0.3) is 0 Å². The molecule has 0 unspecified atom stereocenters. The van der Waals surface area contributed by atoms with Crippen molar-refractivity contribution in [3.05, 3.63) is 22.7 Å². The molecule has 17 heavy (non-hydrogen) atoms. The first kappa shape index (κ1) is 11.4. The number of rotatable bonds is 5. The second-order valence-corrected chi connectivity index (χ2v) is 6.05. The van der Waals surface area contributed by atoms with E-state index in [4.69, 9.17) is 4.74 Å². The van der Waals surface area contributed by atoms with E-state index in [2.05, 4.69) is 39.4 Å². The first-order chi connectivity index (χ1) is 8.28. The maximum absolute atomic E-state index is 5.33. The van der Waals surface area contributed by atoms with Gasteiger partial charge in [0, 0.05) is 17.8 Å². The van der Waals surface area contributed by atoms with Gasteiger partial charge in [0.15, 0.2) is 0 Å². The zero-order valence-electron chi connectivity index (χ0n) is 10.1. The van der Waals surface area contributed by atoms with Crippen LogP contribution in [0.2, 0.25) is 0 Å². The van der Waals surface area contributed by atoms with Crippen LogP contribution >= 0.6 is 15.9 Å². The first-order valence-electron chi connectivity index (χ1n) is 6.38. The molecule has 3 heteroatoms. The summed E-state index contributed by atoms with van der Waals surface area (Å²) in [7, 11) is 1.71. The minimum absolute atomic E-state index is 0.695. The number of methoxy groups -OCH3 is 1. The third kappa shape index (κ3) is 2.59. The molecule has 2 fully saturated rings. The minimum atomic E-state index is 0.695. The highest BCUT2D eigenvalue weighted by atomic mass is 79.9. The Morgan fingerprint density at radius 2 is 1.88 bits per heavy atom. The quantitative estimate of drug-likeness (QED) is 0.884. The highest BCUT2D eigenvalue weighted by molar-refractivity contribution is 9.10. The molecule has 0 atom stereocenters. The maximum atomic E-state index is 5.33. The van der Waals surface area contributed by atoms with Crippen molar-refractivity contribution >= 4 is 21.6 Å². The second kappa shape index (κ2) is 4.52. The molecule has 2 saturated carbocycles. The molecule has 0 amide bonds. The van der Waals surface area contributed by atoms with Crippen molar-refractivity contribution in [3.8, 4) is 5.75 Å². The Kier molecular flexibility index (Phi) is 3.03. The van der Waals surface area contributed by atoms with Crippen LogP contribution in [0.15, 0.2) is 22.7 Å². The average Bonchev–Trinajstić information content (AvgIpc) is 3.18. The molecular weight excluding hydrogens is 278 g/mol. The molecule has 1 N–H and O–H groups in total. The fourth-order valence-corrected chi connectivity index (χ4v) is 2.88. The molecular formula is C14H18BrNO. The summed E-state index contributed by atoms with van der Waals surface area (Å²) < 4.78 is 6.35. The summed E-state index contributed by atoms with van der Waals surface area (Å²) in [5, 5.41) is 3.70. The van der Waals surface area contributed by atoms with Crippen LogP contribution < -0.4 is 10.1 Å². The second-order valence-electron chi connectivity index (χ2n) is 5.19. The van der Waals surface area contributed by atoms with E-state index in [9.17, 15) is 0 Å². The summed E-state index contributed by atoms with van der Waals surface area (Å²) in [6.45, 7) is 0. The van der Waals surface area contributed by atoms with E-state index in [1.807, 2.05) is 0 Å². The summed E-state index contributed by atoms with van der Waals surface area (Å²) in [5.74, 6) is 2.73. The van der Waals surface area contributed by atoms with Gasteiger partial charge in [-0.2, -0.15) is 0 Å². The van der Waals surface area contributed by atoms with E-state index < -0.39 is 0 Å². The van der Waals surface area contributed by atoms with Gasteiger partial charge in [-0.05, 0) is 65.6 Å². The molecule has 2 aliphatic rings. The normalized spacial score (nSPS) is 19.5. The molecule has 0 heterocycles. The molecule has 92 valence electrons. The zero-order valence-corrected chi connectivity index (χ0v) is 11.7. The lowest BCUT2D eigenvalue weighted by molar-refractivity contribution is 0.412. The van der Waals surface area contributed by atoms with E-state index in [1.54, 1.807) is 7.11 Å². The molecule has 1 aromatic carbocycles. The van der Waals surface area contributed by atoms with E-state index in [0.29, 0.717) is 6.04 Å². The van der Waals surface area contributed by atoms with Crippen LogP contribution in [0.4, 0.5) is 5.69 Å². The van der Waals surface area contributed by atoms with Crippen molar-refractivity contribution in [2.75, 3.05) is 12.4 Å². The van der Waals surface area contributed by atoms with Gasteiger partial charge >= 0.3 is 0 Å². The Balaban J connectivity index is 1.74. The number of hydrogen-bond donors (Lipinski definition) is 1. The Bertz CT molecular complexity index is 401. The number of benzene rings is 1. The predicted molar refractivity (Wildman–Crippen MR) is 73.6 cm³/mol. The van der Waals surface area contributed by atoms with Gasteiger partial charge in [-0.15, -0.1) is 0 Å². The van der Waals surface area contributed by atoms with Crippen molar-refractivity contribution in [1.29, 1.82) is 0 Å². The molecule has 3 rings (SSSR count). The van der Waals surface area contributed by atoms with Gasteiger partial charge < -0.3 is 10.1 Å². The van der Waals surface area contributed by atoms with E-state index in [-0.39, 0.29) is 0 Å². The average molecular weight is 296 g/mol. The van der Waals surface area contributed by atoms with E-state index >= 15 is 0 Å². The Hall–Kier alpha value is -0.700. The van der Waals surface area contributed by atoms with Crippen molar-refractivity contribution in [2.24, 2.45) is 11.8 Å². The third-order valence-electron chi connectivity index (χ3n) is 3.74. The zero-order chi connectivity index (χ0) is 11.8. The summed E-state index contributed by atoms with van der Waals surface area (Å²) in [6, 6.07) is 6.96. The highest BCUT2D eigenvalue weighted by Crippen LogP contribution is 2.46. The lowest BCUT2D eigenvalue weighted by Gasteiger charge is -2.19. The third-order valence-corrected chi connectivity index (χ3v) is 4.40. The topological polar surface area (TPSA) is 21.3 Å². The fraction of sp³-hybridized carbons (Fsp3) is 0.571. The molecule has 0 spiro atoms. The summed E-state index contributed by atoms with van der Waals surface area (Å²) in [6.07, 6.45) is 5.62. The largest absolute Gasteiger partial charge is 0.495 e. The van der Waals surface area contributed by atoms with Gasteiger partial charge in [0.1, 0.15) is 5.75 Å². The lowest BCUT2D eigenvalue weighted by atomic mass is 10.1. The molecule has 0 radical (unpaired) electrons. The smallest absolute Gasteiger partial charge is 0.135 e. The van der Waals surface area contributed by atoms with E-state index in [1.165, 1.54) is 31.4 Å². The summed E-state index contributed by atoms with van der Waals surface area (Å²) in [5.41, 5.74) is 1.19. The number of nitrogens with one attached hydrogen (secondary N) is 1. The Morgan fingerprint density at radius 1 is 1.24 bits per heavy atom. The summed E-state index contributed by atoms with van der Waals surface area (Å²) >= 11 is 3.49. The van der Waals surface area contributed by atoms with Crippen LogP contribution in [-0.4, -0.2) is 13.2 Å². The van der Waals surface area contributed by atoms with Gasteiger partial charge in [-0.1, -0.05) is 0 Å². The van der Waals surface area contributed by atoms with Crippen LogP contribution in [-0.2, 0) is 0 Å². The van der Waals surface area contributed by atoms with Gasteiger partial charge in [0.2, 0.25) is 0 Å². The Labute approximate surface area is 111 Å². The molecule has 1 aromatic rings. The number of ether oxygens (including phenoxy) is 1. The van der Waals surface area contributed by atoms with Crippen LogP contribution in [0.1, 0.15) is 25.7 Å².